The third kappa shape index (κ3) is 13.8. The molecule has 5 heteroatoms. The molecule has 0 atom stereocenters. The molecule has 0 unspecified atom stereocenters. The van der Waals surface area contributed by atoms with E-state index in [1.807, 2.05) is 0 Å². The van der Waals surface area contributed by atoms with E-state index in [4.69, 9.17) is 9.47 Å². The van der Waals surface area contributed by atoms with E-state index < -0.39 is 16.1 Å². The first-order valence-electron chi connectivity index (χ1n) is 6.33. The van der Waals surface area contributed by atoms with Crippen molar-refractivity contribution in [3.63, 3.8) is 0 Å². The smallest absolute Gasteiger partial charge is 0.332 e. The fourth-order valence-electron chi connectivity index (χ4n) is 1.05. The van der Waals surface area contributed by atoms with E-state index in [1.165, 1.54) is 0 Å². The second-order valence-corrected chi connectivity index (χ2v) is 18.1. The van der Waals surface area contributed by atoms with Gasteiger partial charge in [-0.1, -0.05) is 39.3 Å². The molecule has 0 fully saturated rings. The minimum Gasteiger partial charge on any atom is -0.464 e. The summed E-state index contributed by atoms with van der Waals surface area (Å²) in [6.07, 6.45) is 0. The highest BCUT2D eigenvalue weighted by Gasteiger charge is 2.15. The van der Waals surface area contributed by atoms with Gasteiger partial charge < -0.3 is 9.47 Å². The molecule has 0 rings (SSSR count). The van der Waals surface area contributed by atoms with Crippen molar-refractivity contribution in [3.05, 3.63) is 0 Å². The maximum Gasteiger partial charge on any atom is 0.332 e. The number of carbonyl (C=O) groups is 1. The van der Waals surface area contributed by atoms with Crippen molar-refractivity contribution >= 4 is 22.1 Å². The molecule has 0 aliphatic carbocycles. The van der Waals surface area contributed by atoms with Gasteiger partial charge in [-0.3, -0.25) is 0 Å². The van der Waals surface area contributed by atoms with Crippen LogP contribution in [0.2, 0.25) is 51.4 Å². The Labute approximate surface area is 108 Å². The molecule has 0 saturated carbocycles. The lowest BCUT2D eigenvalue weighted by atomic mass is 10.7. The molecule has 0 heterocycles. The molecule has 3 nitrogen and oxygen atoms in total. The van der Waals surface area contributed by atoms with Crippen molar-refractivity contribution in [1.82, 2.24) is 0 Å². The summed E-state index contributed by atoms with van der Waals surface area (Å²) in [7, 11) is -2.15. The summed E-state index contributed by atoms with van der Waals surface area (Å²) in [5.41, 5.74) is 0. The van der Waals surface area contributed by atoms with Gasteiger partial charge in [-0.25, -0.2) is 4.79 Å². The molecule has 0 N–H and O–H groups in total. The highest BCUT2D eigenvalue weighted by molar-refractivity contribution is 6.76. The molecule has 17 heavy (non-hydrogen) atoms. The molecule has 0 aromatic carbocycles. The normalized spacial score (nSPS) is 12.6. The zero-order chi connectivity index (χ0) is 13.5. The van der Waals surface area contributed by atoms with Gasteiger partial charge in [0.05, 0.1) is 6.61 Å². The third-order valence-corrected chi connectivity index (χ3v) is 5.74. The number of hydrogen-bond acceptors (Lipinski definition) is 3. The predicted molar refractivity (Wildman–Crippen MR) is 78.1 cm³/mol. The van der Waals surface area contributed by atoms with Gasteiger partial charge in [0, 0.05) is 22.8 Å². The quantitative estimate of drug-likeness (QED) is 0.388. The summed E-state index contributed by atoms with van der Waals surface area (Å²) < 4.78 is 10.5. The van der Waals surface area contributed by atoms with Gasteiger partial charge in [-0.2, -0.15) is 0 Å². The zero-order valence-corrected chi connectivity index (χ0v) is 14.3. The molecule has 0 amide bonds. The fourth-order valence-corrected chi connectivity index (χ4v) is 2.52. The summed E-state index contributed by atoms with van der Waals surface area (Å²) in [4.78, 5) is 11.3. The van der Waals surface area contributed by atoms with Crippen molar-refractivity contribution in [2.45, 2.75) is 51.4 Å². The first-order valence-corrected chi connectivity index (χ1v) is 13.7. The SMILES string of the molecule is C[Si](C)(C)CCOCC(=O)OCC[Si](C)(C)C. The lowest BCUT2D eigenvalue weighted by Crippen LogP contribution is -2.25. The van der Waals surface area contributed by atoms with E-state index in [0.29, 0.717) is 13.2 Å². The van der Waals surface area contributed by atoms with Crippen LogP contribution in [0.3, 0.4) is 0 Å². The summed E-state index contributed by atoms with van der Waals surface area (Å²) >= 11 is 0. The molecule has 0 aliphatic rings. The lowest BCUT2D eigenvalue weighted by Gasteiger charge is -2.16. The molecule has 0 bridgehead atoms. The third-order valence-electron chi connectivity index (χ3n) is 2.33. The van der Waals surface area contributed by atoms with E-state index in [1.54, 1.807) is 0 Å². The zero-order valence-electron chi connectivity index (χ0n) is 12.3. The minimum absolute atomic E-state index is 0.107. The van der Waals surface area contributed by atoms with Crippen molar-refractivity contribution in [1.29, 1.82) is 0 Å². The van der Waals surface area contributed by atoms with Crippen LogP contribution in [0.5, 0.6) is 0 Å². The minimum atomic E-state index is -1.10. The van der Waals surface area contributed by atoms with Crippen LogP contribution >= 0.6 is 0 Å². The Balaban J connectivity index is 3.48. The van der Waals surface area contributed by atoms with Gasteiger partial charge in [0.2, 0.25) is 0 Å². The Hall–Kier alpha value is -0.136. The Bertz CT molecular complexity index is 229. The van der Waals surface area contributed by atoms with Crippen molar-refractivity contribution in [3.8, 4) is 0 Å². The second kappa shape index (κ2) is 7.33. The average molecular weight is 277 g/mol. The van der Waals surface area contributed by atoms with Crippen LogP contribution in [0.4, 0.5) is 0 Å². The Kier molecular flexibility index (Phi) is 7.27. The molecule has 102 valence electrons. The summed E-state index contributed by atoms with van der Waals surface area (Å²) in [5, 5.41) is 0. The van der Waals surface area contributed by atoms with Crippen LogP contribution in [-0.4, -0.2) is 41.9 Å². The van der Waals surface area contributed by atoms with Crippen LogP contribution in [0, 0.1) is 0 Å². The van der Waals surface area contributed by atoms with Gasteiger partial charge >= 0.3 is 5.97 Å². The van der Waals surface area contributed by atoms with Gasteiger partial charge in [-0.15, -0.1) is 0 Å². The highest BCUT2D eigenvalue weighted by Crippen LogP contribution is 2.08. The molecule has 0 radical (unpaired) electrons. The van der Waals surface area contributed by atoms with Crippen LogP contribution in [0.1, 0.15) is 0 Å². The first-order chi connectivity index (χ1) is 7.60. The molecular weight excluding hydrogens is 248 g/mol. The number of hydrogen-bond donors (Lipinski definition) is 0. The molecular formula is C12H28O3Si2. The maximum atomic E-state index is 11.3. The topological polar surface area (TPSA) is 35.5 Å². The summed E-state index contributed by atoms with van der Waals surface area (Å²) in [6.45, 7) is 15.0. The van der Waals surface area contributed by atoms with Crippen LogP contribution in [0.15, 0.2) is 0 Å². The standard InChI is InChI=1S/C12H28O3Si2/c1-16(2,3)9-7-14-11-12(13)15-8-10-17(4,5)6/h7-11H2,1-6H3. The Morgan fingerprint density at radius 2 is 1.35 bits per heavy atom. The number of rotatable bonds is 8. The van der Waals surface area contributed by atoms with Gasteiger partial charge in [0.1, 0.15) is 6.61 Å². The number of ether oxygens (including phenoxy) is 2. The van der Waals surface area contributed by atoms with E-state index >= 15 is 0 Å². The summed E-state index contributed by atoms with van der Waals surface area (Å²) in [6, 6.07) is 2.11. The second-order valence-electron chi connectivity index (χ2n) is 6.89. The Morgan fingerprint density at radius 3 is 1.82 bits per heavy atom. The largest absolute Gasteiger partial charge is 0.464 e. The fraction of sp³-hybridized carbons (Fsp3) is 0.917. The van der Waals surface area contributed by atoms with E-state index in [2.05, 4.69) is 39.3 Å². The molecule has 0 aliphatic heterocycles. The predicted octanol–water partition coefficient (Wildman–Crippen LogP) is 3.22. The van der Waals surface area contributed by atoms with Crippen LogP contribution in [-0.2, 0) is 14.3 Å². The van der Waals surface area contributed by atoms with Crippen molar-refractivity contribution < 1.29 is 14.3 Å². The van der Waals surface area contributed by atoms with Crippen molar-refractivity contribution in [2.24, 2.45) is 0 Å². The number of carbonyl (C=O) groups excluding carboxylic acids is 1. The van der Waals surface area contributed by atoms with E-state index in [9.17, 15) is 4.79 Å². The highest BCUT2D eigenvalue weighted by atomic mass is 28.3. The first kappa shape index (κ1) is 16.9. The molecule has 0 aromatic rings. The van der Waals surface area contributed by atoms with Crippen LogP contribution in [0.25, 0.3) is 0 Å². The van der Waals surface area contributed by atoms with E-state index in [0.717, 1.165) is 12.1 Å². The van der Waals surface area contributed by atoms with E-state index in [-0.39, 0.29) is 12.6 Å². The average Bonchev–Trinajstić information content (AvgIpc) is 2.09. The van der Waals surface area contributed by atoms with Crippen molar-refractivity contribution in [2.75, 3.05) is 19.8 Å². The molecule has 0 aromatic heterocycles. The molecule has 0 saturated heterocycles. The molecule has 0 spiro atoms. The Morgan fingerprint density at radius 1 is 0.882 bits per heavy atom. The van der Waals surface area contributed by atoms with Gasteiger partial charge in [0.15, 0.2) is 0 Å². The van der Waals surface area contributed by atoms with Gasteiger partial charge in [-0.05, 0) is 12.1 Å². The van der Waals surface area contributed by atoms with Crippen LogP contribution < -0.4 is 0 Å². The monoisotopic (exact) mass is 276 g/mol. The maximum absolute atomic E-state index is 11.3. The summed E-state index contributed by atoms with van der Waals surface area (Å²) in [5.74, 6) is -0.223. The van der Waals surface area contributed by atoms with Gasteiger partial charge in [0.25, 0.3) is 0 Å². The lowest BCUT2D eigenvalue weighted by molar-refractivity contribution is -0.148. The number of esters is 1.